The second-order valence-corrected chi connectivity index (χ2v) is 5.88. The molecular formula is C16H27NO3. The van der Waals surface area contributed by atoms with Gasteiger partial charge in [0, 0.05) is 13.1 Å². The second-order valence-electron chi connectivity index (χ2n) is 5.88. The lowest BCUT2D eigenvalue weighted by molar-refractivity contribution is -0.142. The third kappa shape index (κ3) is 5.45. The summed E-state index contributed by atoms with van der Waals surface area (Å²) in [7, 11) is 0. The Morgan fingerprint density at radius 1 is 1.35 bits per heavy atom. The number of hydrogen-bond donors (Lipinski definition) is 1. The molecule has 114 valence electrons. The third-order valence-corrected chi connectivity index (χ3v) is 4.17. The maximum absolute atomic E-state index is 11.6. The Morgan fingerprint density at radius 3 is 2.55 bits per heavy atom. The lowest BCUT2D eigenvalue weighted by Gasteiger charge is -2.29. The van der Waals surface area contributed by atoms with E-state index in [2.05, 4.69) is 6.08 Å². The quantitative estimate of drug-likeness (QED) is 0.695. The molecule has 0 aliphatic heterocycles. The summed E-state index contributed by atoms with van der Waals surface area (Å²) in [5, 5.41) is 9.05. The summed E-state index contributed by atoms with van der Waals surface area (Å²) in [4.78, 5) is 24.6. The number of Topliss-reactive ketones (excluding diaryl/α,β-unsaturated/α-hetero) is 1. The average Bonchev–Trinajstić information content (AvgIpc) is 2.43. The van der Waals surface area contributed by atoms with E-state index >= 15 is 0 Å². The van der Waals surface area contributed by atoms with E-state index in [1.165, 1.54) is 18.4 Å². The molecule has 2 unspecified atom stereocenters. The number of allylic oxidation sites excluding steroid dienone is 1. The molecule has 0 saturated carbocycles. The van der Waals surface area contributed by atoms with Crippen molar-refractivity contribution < 1.29 is 14.7 Å². The van der Waals surface area contributed by atoms with Gasteiger partial charge in [-0.3, -0.25) is 14.5 Å². The molecule has 0 fully saturated rings. The van der Waals surface area contributed by atoms with E-state index in [0.29, 0.717) is 6.54 Å². The summed E-state index contributed by atoms with van der Waals surface area (Å²) in [5.74, 6) is -1.15. The van der Waals surface area contributed by atoms with Crippen LogP contribution in [-0.4, -0.2) is 40.9 Å². The maximum atomic E-state index is 11.6. The Hall–Kier alpha value is -1.16. The number of carboxylic acid groups (broad SMARTS) is 1. The molecule has 0 aromatic heterocycles. The van der Waals surface area contributed by atoms with Crippen molar-refractivity contribution in [2.24, 2.45) is 5.92 Å². The molecule has 4 nitrogen and oxygen atoms in total. The predicted octanol–water partition coefficient (Wildman–Crippen LogP) is 2.88. The molecule has 0 radical (unpaired) electrons. The van der Waals surface area contributed by atoms with Gasteiger partial charge in [-0.2, -0.15) is 0 Å². The number of hydrogen-bond acceptors (Lipinski definition) is 3. The summed E-state index contributed by atoms with van der Waals surface area (Å²) in [6.45, 7) is 6.34. The summed E-state index contributed by atoms with van der Waals surface area (Å²) in [5.41, 5.74) is 1.46. The van der Waals surface area contributed by atoms with E-state index in [4.69, 9.17) is 5.11 Å². The Labute approximate surface area is 121 Å². The Bertz CT molecular complexity index is 376. The van der Waals surface area contributed by atoms with Gasteiger partial charge in [0.25, 0.3) is 0 Å². The van der Waals surface area contributed by atoms with E-state index in [1.807, 2.05) is 11.8 Å². The Balaban J connectivity index is 2.59. The first-order chi connectivity index (χ1) is 9.41. The van der Waals surface area contributed by atoms with Crippen LogP contribution in [0.1, 0.15) is 52.9 Å². The van der Waals surface area contributed by atoms with Gasteiger partial charge in [0.2, 0.25) is 0 Å². The molecule has 20 heavy (non-hydrogen) atoms. The smallest absolute Gasteiger partial charge is 0.307 e. The summed E-state index contributed by atoms with van der Waals surface area (Å²) >= 11 is 0. The number of carbonyl (C=O) groups is 2. The van der Waals surface area contributed by atoms with E-state index in [9.17, 15) is 9.59 Å². The molecule has 0 bridgehead atoms. The normalized spacial score (nSPS) is 18.5. The van der Waals surface area contributed by atoms with E-state index in [-0.39, 0.29) is 11.8 Å². The minimum absolute atomic E-state index is 0.0974. The van der Waals surface area contributed by atoms with Crippen molar-refractivity contribution in [3.05, 3.63) is 11.6 Å². The number of carbonyl (C=O) groups excluding carboxylic acids is 1. The fraction of sp³-hybridized carbons (Fsp3) is 0.750. The van der Waals surface area contributed by atoms with Crippen molar-refractivity contribution in [2.75, 3.05) is 13.1 Å². The Kier molecular flexibility index (Phi) is 6.93. The van der Waals surface area contributed by atoms with Crippen LogP contribution in [0.15, 0.2) is 11.6 Å². The lowest BCUT2D eigenvalue weighted by atomic mass is 9.96. The van der Waals surface area contributed by atoms with Crippen molar-refractivity contribution >= 4 is 11.8 Å². The van der Waals surface area contributed by atoms with Crippen molar-refractivity contribution in [2.45, 2.75) is 58.9 Å². The van der Waals surface area contributed by atoms with Gasteiger partial charge in [0.1, 0.15) is 5.78 Å². The molecule has 0 heterocycles. The molecule has 4 heteroatoms. The standard InChI is InChI=1S/C16H27NO3/c1-12(16(19)20)11-17(13(2)14(3)18)10-9-15-7-5-4-6-8-15/h7,12-13H,4-6,8-11H2,1-3H3,(H,19,20). The molecule has 1 rings (SSSR count). The van der Waals surface area contributed by atoms with Crippen LogP contribution in [0.5, 0.6) is 0 Å². The van der Waals surface area contributed by atoms with E-state index < -0.39 is 11.9 Å². The van der Waals surface area contributed by atoms with Crippen LogP contribution in [0.4, 0.5) is 0 Å². The minimum Gasteiger partial charge on any atom is -0.481 e. The summed E-state index contributed by atoms with van der Waals surface area (Å²) in [6, 6.07) is -0.207. The van der Waals surface area contributed by atoms with Crippen molar-refractivity contribution in [3.8, 4) is 0 Å². The fourth-order valence-electron chi connectivity index (χ4n) is 2.55. The maximum Gasteiger partial charge on any atom is 0.307 e. The third-order valence-electron chi connectivity index (χ3n) is 4.17. The molecule has 2 atom stereocenters. The highest BCUT2D eigenvalue weighted by atomic mass is 16.4. The van der Waals surface area contributed by atoms with Gasteiger partial charge in [-0.25, -0.2) is 0 Å². The average molecular weight is 281 g/mol. The van der Waals surface area contributed by atoms with Crippen LogP contribution >= 0.6 is 0 Å². The van der Waals surface area contributed by atoms with Gasteiger partial charge < -0.3 is 5.11 Å². The number of aliphatic carboxylic acids is 1. The zero-order valence-corrected chi connectivity index (χ0v) is 12.9. The van der Waals surface area contributed by atoms with Gasteiger partial charge in [-0.15, -0.1) is 0 Å². The van der Waals surface area contributed by atoms with Crippen LogP contribution in [0, 0.1) is 5.92 Å². The van der Waals surface area contributed by atoms with Crippen LogP contribution in [-0.2, 0) is 9.59 Å². The molecule has 1 N–H and O–H groups in total. The Morgan fingerprint density at radius 2 is 2.05 bits per heavy atom. The topological polar surface area (TPSA) is 57.6 Å². The van der Waals surface area contributed by atoms with Gasteiger partial charge >= 0.3 is 5.97 Å². The van der Waals surface area contributed by atoms with Crippen LogP contribution < -0.4 is 0 Å². The fourth-order valence-corrected chi connectivity index (χ4v) is 2.55. The molecule has 0 amide bonds. The van der Waals surface area contributed by atoms with Crippen molar-refractivity contribution in [3.63, 3.8) is 0 Å². The number of rotatable bonds is 8. The molecule has 0 saturated heterocycles. The second kappa shape index (κ2) is 8.20. The predicted molar refractivity (Wildman–Crippen MR) is 79.7 cm³/mol. The lowest BCUT2D eigenvalue weighted by Crippen LogP contribution is -2.42. The van der Waals surface area contributed by atoms with E-state index in [1.54, 1.807) is 13.8 Å². The number of ketones is 1. The first kappa shape index (κ1) is 16.9. The van der Waals surface area contributed by atoms with Gasteiger partial charge in [-0.1, -0.05) is 18.6 Å². The molecule has 1 aliphatic rings. The largest absolute Gasteiger partial charge is 0.481 e. The van der Waals surface area contributed by atoms with Crippen LogP contribution in [0.3, 0.4) is 0 Å². The number of carboxylic acids is 1. The molecular weight excluding hydrogens is 254 g/mol. The van der Waals surface area contributed by atoms with Gasteiger partial charge in [0.15, 0.2) is 0 Å². The molecule has 0 aromatic carbocycles. The van der Waals surface area contributed by atoms with Crippen LogP contribution in [0.2, 0.25) is 0 Å². The first-order valence-corrected chi connectivity index (χ1v) is 7.57. The van der Waals surface area contributed by atoms with Crippen LogP contribution in [0.25, 0.3) is 0 Å². The highest BCUT2D eigenvalue weighted by molar-refractivity contribution is 5.81. The van der Waals surface area contributed by atoms with Crippen molar-refractivity contribution in [1.82, 2.24) is 4.90 Å². The molecule has 0 aromatic rings. The zero-order valence-electron chi connectivity index (χ0n) is 12.9. The summed E-state index contributed by atoms with van der Waals surface area (Å²) < 4.78 is 0. The summed E-state index contributed by atoms with van der Waals surface area (Å²) in [6.07, 6.45) is 8.08. The zero-order chi connectivity index (χ0) is 15.1. The van der Waals surface area contributed by atoms with E-state index in [0.717, 1.165) is 25.8 Å². The van der Waals surface area contributed by atoms with Crippen molar-refractivity contribution in [1.29, 1.82) is 0 Å². The van der Waals surface area contributed by atoms with Gasteiger partial charge in [0.05, 0.1) is 12.0 Å². The monoisotopic (exact) mass is 281 g/mol. The minimum atomic E-state index is -0.803. The SMILES string of the molecule is CC(=O)C(C)N(CCC1=CCCCC1)CC(C)C(=O)O. The highest BCUT2D eigenvalue weighted by Gasteiger charge is 2.23. The molecule has 0 spiro atoms. The first-order valence-electron chi connectivity index (χ1n) is 7.57. The number of nitrogens with zero attached hydrogens (tertiary/aromatic N) is 1. The van der Waals surface area contributed by atoms with Gasteiger partial charge in [-0.05, 0) is 46.0 Å². The molecule has 1 aliphatic carbocycles. The highest BCUT2D eigenvalue weighted by Crippen LogP contribution is 2.21.